The summed E-state index contributed by atoms with van der Waals surface area (Å²) in [6.07, 6.45) is -1.21. The van der Waals surface area contributed by atoms with Crippen LogP contribution in [0.4, 0.5) is 13.2 Å². The Bertz CT molecular complexity index is 224. The zero-order valence-electron chi connectivity index (χ0n) is 8.26. The molecule has 0 aromatic rings. The molecule has 0 aliphatic heterocycles. The summed E-state index contributed by atoms with van der Waals surface area (Å²) in [4.78, 5) is 11.5. The first-order valence-corrected chi connectivity index (χ1v) is 4.91. The maximum atomic E-state index is 12.2. The second-order valence-corrected chi connectivity index (χ2v) is 3.85. The molecule has 0 radical (unpaired) electrons. The van der Waals surface area contributed by atoms with E-state index in [2.05, 4.69) is 0 Å². The van der Waals surface area contributed by atoms with Gasteiger partial charge in [-0.3, -0.25) is 9.69 Å². The highest BCUT2D eigenvalue weighted by atomic mass is 19.4. The van der Waals surface area contributed by atoms with Crippen LogP contribution in [0, 0.1) is 0 Å². The maximum absolute atomic E-state index is 12.2. The van der Waals surface area contributed by atoms with Gasteiger partial charge < -0.3 is 5.11 Å². The molecule has 0 heterocycles. The Kier molecular flexibility index (Phi) is 3.96. The van der Waals surface area contributed by atoms with E-state index >= 15 is 0 Å². The third kappa shape index (κ3) is 4.51. The molecule has 88 valence electrons. The number of nitrogens with zero attached hydrogens (tertiary/aromatic N) is 1. The molecule has 1 aliphatic rings. The first-order valence-electron chi connectivity index (χ1n) is 4.91. The molecular formula is C9H14F3NO2. The quantitative estimate of drug-likeness (QED) is 0.794. The molecule has 1 fully saturated rings. The standard InChI is InChI=1S/C9H14F3NO2/c10-9(11,12)6-13(5-8(14)15)7-3-1-2-4-7/h7H,1-6H2,(H,14,15). The summed E-state index contributed by atoms with van der Waals surface area (Å²) in [5.41, 5.74) is 0. The molecule has 1 saturated carbocycles. The van der Waals surface area contributed by atoms with E-state index in [9.17, 15) is 18.0 Å². The second kappa shape index (κ2) is 4.83. The fraction of sp³-hybridized carbons (Fsp3) is 0.889. The highest BCUT2D eigenvalue weighted by Gasteiger charge is 2.35. The lowest BCUT2D eigenvalue weighted by Gasteiger charge is -2.27. The average molecular weight is 225 g/mol. The van der Waals surface area contributed by atoms with Gasteiger partial charge in [0.15, 0.2) is 0 Å². The molecule has 0 aromatic heterocycles. The van der Waals surface area contributed by atoms with Crippen LogP contribution < -0.4 is 0 Å². The summed E-state index contributed by atoms with van der Waals surface area (Å²) >= 11 is 0. The Labute approximate surface area is 85.9 Å². The van der Waals surface area contributed by atoms with Crippen molar-refractivity contribution in [3.63, 3.8) is 0 Å². The molecule has 1 N–H and O–H groups in total. The molecule has 0 amide bonds. The normalized spacial score (nSPS) is 18.7. The number of alkyl halides is 3. The number of rotatable bonds is 4. The molecule has 0 aromatic carbocycles. The molecule has 6 heteroatoms. The van der Waals surface area contributed by atoms with Gasteiger partial charge in [0, 0.05) is 6.04 Å². The number of carboxylic acid groups (broad SMARTS) is 1. The van der Waals surface area contributed by atoms with E-state index in [1.165, 1.54) is 0 Å². The molecular weight excluding hydrogens is 211 g/mol. The number of hydrogen-bond donors (Lipinski definition) is 1. The van der Waals surface area contributed by atoms with Crippen LogP contribution >= 0.6 is 0 Å². The minimum Gasteiger partial charge on any atom is -0.480 e. The SMILES string of the molecule is O=C(O)CN(CC(F)(F)F)C1CCCC1. The van der Waals surface area contributed by atoms with Crippen LogP contribution in [0.5, 0.6) is 0 Å². The van der Waals surface area contributed by atoms with E-state index in [-0.39, 0.29) is 6.04 Å². The van der Waals surface area contributed by atoms with E-state index in [0.29, 0.717) is 12.8 Å². The van der Waals surface area contributed by atoms with Crippen LogP contribution in [0.1, 0.15) is 25.7 Å². The minimum atomic E-state index is -4.32. The number of halogens is 3. The van der Waals surface area contributed by atoms with Crippen molar-refractivity contribution in [2.24, 2.45) is 0 Å². The predicted octanol–water partition coefficient (Wildman–Crippen LogP) is 1.88. The smallest absolute Gasteiger partial charge is 0.401 e. The van der Waals surface area contributed by atoms with E-state index in [0.717, 1.165) is 17.7 Å². The fourth-order valence-electron chi connectivity index (χ4n) is 1.99. The van der Waals surface area contributed by atoms with Crippen LogP contribution in [0.3, 0.4) is 0 Å². The van der Waals surface area contributed by atoms with E-state index in [1.807, 2.05) is 0 Å². The molecule has 3 nitrogen and oxygen atoms in total. The summed E-state index contributed by atoms with van der Waals surface area (Å²) in [7, 11) is 0. The van der Waals surface area contributed by atoms with Crippen LogP contribution in [0.25, 0.3) is 0 Å². The molecule has 0 bridgehead atoms. The first kappa shape index (κ1) is 12.3. The van der Waals surface area contributed by atoms with Gasteiger partial charge in [-0.25, -0.2) is 0 Å². The molecule has 0 spiro atoms. The zero-order valence-corrected chi connectivity index (χ0v) is 8.26. The van der Waals surface area contributed by atoms with Gasteiger partial charge in [-0.2, -0.15) is 13.2 Å². The van der Waals surface area contributed by atoms with Crippen LogP contribution in [0.15, 0.2) is 0 Å². The molecule has 0 saturated heterocycles. The summed E-state index contributed by atoms with van der Waals surface area (Å²) < 4.78 is 36.5. The second-order valence-electron chi connectivity index (χ2n) is 3.85. The summed E-state index contributed by atoms with van der Waals surface area (Å²) in [5, 5.41) is 8.53. The van der Waals surface area contributed by atoms with Gasteiger partial charge in [0.25, 0.3) is 0 Å². The Hall–Kier alpha value is -0.780. The van der Waals surface area contributed by atoms with E-state index < -0.39 is 25.2 Å². The van der Waals surface area contributed by atoms with E-state index in [4.69, 9.17) is 5.11 Å². The Balaban J connectivity index is 2.55. The summed E-state index contributed by atoms with van der Waals surface area (Å²) in [5.74, 6) is -1.20. The number of carboxylic acids is 1. The third-order valence-corrected chi connectivity index (χ3v) is 2.56. The monoisotopic (exact) mass is 225 g/mol. The minimum absolute atomic E-state index is 0.220. The van der Waals surface area contributed by atoms with Crippen LogP contribution in [0.2, 0.25) is 0 Å². The lowest BCUT2D eigenvalue weighted by atomic mass is 10.2. The van der Waals surface area contributed by atoms with Gasteiger partial charge in [0.2, 0.25) is 0 Å². The molecule has 0 unspecified atom stereocenters. The zero-order chi connectivity index (χ0) is 11.5. The van der Waals surface area contributed by atoms with Crippen molar-refractivity contribution in [1.29, 1.82) is 0 Å². The maximum Gasteiger partial charge on any atom is 0.401 e. The van der Waals surface area contributed by atoms with Gasteiger partial charge >= 0.3 is 12.1 Å². The Morgan fingerprint density at radius 3 is 2.27 bits per heavy atom. The number of aliphatic carboxylic acids is 1. The molecule has 15 heavy (non-hydrogen) atoms. The van der Waals surface area contributed by atoms with E-state index in [1.54, 1.807) is 0 Å². The number of carbonyl (C=O) groups is 1. The Morgan fingerprint density at radius 1 is 1.33 bits per heavy atom. The molecule has 1 rings (SSSR count). The van der Waals surface area contributed by atoms with Crippen molar-refractivity contribution < 1.29 is 23.1 Å². The van der Waals surface area contributed by atoms with Gasteiger partial charge in [-0.15, -0.1) is 0 Å². The van der Waals surface area contributed by atoms with Crippen molar-refractivity contribution >= 4 is 5.97 Å². The fourth-order valence-corrected chi connectivity index (χ4v) is 1.99. The summed E-state index contributed by atoms with van der Waals surface area (Å²) in [6, 6.07) is -0.220. The van der Waals surface area contributed by atoms with Gasteiger partial charge in [-0.05, 0) is 12.8 Å². The average Bonchev–Trinajstić information content (AvgIpc) is 2.50. The van der Waals surface area contributed by atoms with Gasteiger partial charge in [-0.1, -0.05) is 12.8 Å². The lowest BCUT2D eigenvalue weighted by molar-refractivity contribution is -0.158. The van der Waals surface area contributed by atoms with Gasteiger partial charge in [0.05, 0.1) is 13.1 Å². The van der Waals surface area contributed by atoms with Crippen molar-refractivity contribution in [3.8, 4) is 0 Å². The van der Waals surface area contributed by atoms with Gasteiger partial charge in [0.1, 0.15) is 0 Å². The topological polar surface area (TPSA) is 40.5 Å². The van der Waals surface area contributed by atoms with Crippen molar-refractivity contribution in [2.75, 3.05) is 13.1 Å². The first-order chi connectivity index (χ1) is 6.88. The molecule has 1 aliphatic carbocycles. The Morgan fingerprint density at radius 2 is 1.87 bits per heavy atom. The highest BCUT2D eigenvalue weighted by Crippen LogP contribution is 2.26. The van der Waals surface area contributed by atoms with Crippen molar-refractivity contribution in [2.45, 2.75) is 37.9 Å². The highest BCUT2D eigenvalue weighted by molar-refractivity contribution is 5.69. The third-order valence-electron chi connectivity index (χ3n) is 2.56. The van der Waals surface area contributed by atoms with Crippen LogP contribution in [-0.4, -0.2) is 41.3 Å². The van der Waals surface area contributed by atoms with Crippen molar-refractivity contribution in [3.05, 3.63) is 0 Å². The van der Waals surface area contributed by atoms with Crippen LogP contribution in [-0.2, 0) is 4.79 Å². The number of hydrogen-bond acceptors (Lipinski definition) is 2. The predicted molar refractivity (Wildman–Crippen MR) is 47.5 cm³/mol. The largest absolute Gasteiger partial charge is 0.480 e. The lowest BCUT2D eigenvalue weighted by Crippen LogP contribution is -2.43. The summed E-state index contributed by atoms with van der Waals surface area (Å²) in [6.45, 7) is -1.64. The van der Waals surface area contributed by atoms with Crippen molar-refractivity contribution in [1.82, 2.24) is 4.90 Å². The molecule has 0 atom stereocenters.